The smallest absolute Gasteiger partial charge is 0.188 e. The van der Waals surface area contributed by atoms with Gasteiger partial charge in [-0.05, 0) is 32.4 Å². The van der Waals surface area contributed by atoms with Crippen molar-refractivity contribution < 1.29 is 0 Å². The van der Waals surface area contributed by atoms with Gasteiger partial charge in [0.05, 0.1) is 0 Å². The number of hydrogen-bond donors (Lipinski definition) is 1. The fourth-order valence-corrected chi connectivity index (χ4v) is 2.66. The minimum atomic E-state index is 0.567. The highest BCUT2D eigenvalue weighted by atomic mass is 35.5. The van der Waals surface area contributed by atoms with Crippen LogP contribution in [0, 0.1) is 12.8 Å². The lowest BCUT2D eigenvalue weighted by Crippen LogP contribution is -2.10. The summed E-state index contributed by atoms with van der Waals surface area (Å²) >= 11 is 7.63. The van der Waals surface area contributed by atoms with Crippen LogP contribution in [0.1, 0.15) is 12.0 Å². The van der Waals surface area contributed by atoms with Gasteiger partial charge >= 0.3 is 0 Å². The van der Waals surface area contributed by atoms with E-state index in [2.05, 4.69) is 15.3 Å². The van der Waals surface area contributed by atoms with Gasteiger partial charge in [-0.2, -0.15) is 0 Å². The molecule has 1 aromatic rings. The average Bonchev–Trinajstić information content (AvgIpc) is 2.73. The molecule has 1 fully saturated rings. The zero-order chi connectivity index (χ0) is 10.7. The summed E-state index contributed by atoms with van der Waals surface area (Å²) in [4.78, 5) is 8.48. The predicted octanol–water partition coefficient (Wildman–Crippen LogP) is 2.14. The van der Waals surface area contributed by atoms with Crippen LogP contribution in [0.15, 0.2) is 11.4 Å². The van der Waals surface area contributed by atoms with Gasteiger partial charge in [-0.1, -0.05) is 23.4 Å². The molecule has 1 atom stereocenters. The Morgan fingerprint density at radius 3 is 3.20 bits per heavy atom. The highest BCUT2D eigenvalue weighted by molar-refractivity contribution is 7.99. The van der Waals surface area contributed by atoms with Crippen molar-refractivity contribution in [1.29, 1.82) is 0 Å². The summed E-state index contributed by atoms with van der Waals surface area (Å²) in [6.07, 6.45) is 3.04. The Kier molecular flexibility index (Phi) is 3.83. The summed E-state index contributed by atoms with van der Waals surface area (Å²) < 4.78 is 0. The molecule has 0 aromatic carbocycles. The molecule has 1 aliphatic rings. The predicted molar refractivity (Wildman–Crippen MR) is 63.5 cm³/mol. The Hall–Kier alpha value is -0.320. The van der Waals surface area contributed by atoms with E-state index < -0.39 is 0 Å². The average molecular weight is 244 g/mol. The third-order valence-corrected chi connectivity index (χ3v) is 3.97. The van der Waals surface area contributed by atoms with Gasteiger partial charge in [-0.25, -0.2) is 9.97 Å². The van der Waals surface area contributed by atoms with Crippen molar-refractivity contribution >= 4 is 23.4 Å². The van der Waals surface area contributed by atoms with Gasteiger partial charge in [0.2, 0.25) is 0 Å². The van der Waals surface area contributed by atoms with E-state index in [1.807, 2.05) is 6.92 Å². The van der Waals surface area contributed by atoms with Crippen LogP contribution in [0.4, 0.5) is 0 Å². The zero-order valence-electron chi connectivity index (χ0n) is 8.66. The van der Waals surface area contributed by atoms with Gasteiger partial charge in [-0.3, -0.25) is 0 Å². The topological polar surface area (TPSA) is 37.8 Å². The SMILES string of the molecule is Cc1cnc(SCC2CCNC2)nc1Cl. The fraction of sp³-hybridized carbons (Fsp3) is 0.600. The fourth-order valence-electron chi connectivity index (χ4n) is 1.52. The first-order valence-electron chi connectivity index (χ1n) is 5.08. The van der Waals surface area contributed by atoms with Crippen LogP contribution in [0.25, 0.3) is 0 Å². The van der Waals surface area contributed by atoms with E-state index in [0.717, 1.165) is 35.5 Å². The summed E-state index contributed by atoms with van der Waals surface area (Å²) in [5.41, 5.74) is 0.934. The van der Waals surface area contributed by atoms with E-state index >= 15 is 0 Å². The zero-order valence-corrected chi connectivity index (χ0v) is 10.2. The minimum absolute atomic E-state index is 0.567. The van der Waals surface area contributed by atoms with Crippen molar-refractivity contribution in [2.45, 2.75) is 18.5 Å². The second-order valence-electron chi connectivity index (χ2n) is 3.80. The van der Waals surface area contributed by atoms with Crippen LogP contribution >= 0.6 is 23.4 Å². The molecular weight excluding hydrogens is 230 g/mol. The van der Waals surface area contributed by atoms with E-state index in [4.69, 9.17) is 11.6 Å². The number of rotatable bonds is 3. The summed E-state index contributed by atoms with van der Waals surface area (Å²) in [5.74, 6) is 1.82. The van der Waals surface area contributed by atoms with Crippen LogP contribution in [0.3, 0.4) is 0 Å². The highest BCUT2D eigenvalue weighted by Gasteiger charge is 2.15. The van der Waals surface area contributed by atoms with Crippen molar-refractivity contribution in [2.24, 2.45) is 5.92 Å². The number of aromatic nitrogens is 2. The lowest BCUT2D eigenvalue weighted by atomic mass is 10.2. The standard InChI is InChI=1S/C10H14ClN3S/c1-7-4-13-10(14-9(7)11)15-6-8-2-3-12-5-8/h4,8,12H,2-3,5-6H2,1H3. The minimum Gasteiger partial charge on any atom is -0.316 e. The van der Waals surface area contributed by atoms with E-state index in [9.17, 15) is 0 Å². The van der Waals surface area contributed by atoms with Crippen LogP contribution in [0.5, 0.6) is 0 Å². The quantitative estimate of drug-likeness (QED) is 0.502. The summed E-state index contributed by atoms with van der Waals surface area (Å²) in [7, 11) is 0. The molecular formula is C10H14ClN3S. The molecule has 82 valence electrons. The van der Waals surface area contributed by atoms with E-state index in [-0.39, 0.29) is 0 Å². The molecule has 3 nitrogen and oxygen atoms in total. The van der Waals surface area contributed by atoms with Gasteiger partial charge in [0.25, 0.3) is 0 Å². The summed E-state index contributed by atoms with van der Waals surface area (Å²) in [5, 5.41) is 4.70. The van der Waals surface area contributed by atoms with Crippen molar-refractivity contribution in [3.8, 4) is 0 Å². The second kappa shape index (κ2) is 5.14. The van der Waals surface area contributed by atoms with Crippen molar-refractivity contribution in [3.05, 3.63) is 16.9 Å². The molecule has 1 aliphatic heterocycles. The molecule has 1 unspecified atom stereocenters. The second-order valence-corrected chi connectivity index (χ2v) is 5.14. The lowest BCUT2D eigenvalue weighted by molar-refractivity contribution is 0.661. The molecule has 2 rings (SSSR count). The molecule has 0 spiro atoms. The van der Waals surface area contributed by atoms with Gasteiger partial charge in [0.15, 0.2) is 5.16 Å². The first-order chi connectivity index (χ1) is 7.25. The molecule has 1 aromatic heterocycles. The molecule has 0 radical (unpaired) electrons. The van der Waals surface area contributed by atoms with Crippen LogP contribution in [-0.4, -0.2) is 28.8 Å². The Balaban J connectivity index is 1.90. The molecule has 1 saturated heterocycles. The van der Waals surface area contributed by atoms with Crippen LogP contribution in [0.2, 0.25) is 5.15 Å². The Morgan fingerprint density at radius 2 is 2.53 bits per heavy atom. The van der Waals surface area contributed by atoms with Crippen molar-refractivity contribution in [3.63, 3.8) is 0 Å². The molecule has 15 heavy (non-hydrogen) atoms. The van der Waals surface area contributed by atoms with Gasteiger partial charge < -0.3 is 5.32 Å². The number of hydrogen-bond acceptors (Lipinski definition) is 4. The third kappa shape index (κ3) is 3.06. The van der Waals surface area contributed by atoms with E-state index in [1.54, 1.807) is 18.0 Å². The maximum absolute atomic E-state index is 5.93. The number of nitrogens with one attached hydrogen (secondary N) is 1. The van der Waals surface area contributed by atoms with Gasteiger partial charge in [0, 0.05) is 17.5 Å². The number of thioether (sulfide) groups is 1. The number of aryl methyl sites for hydroxylation is 1. The normalized spacial score (nSPS) is 20.8. The molecule has 0 saturated carbocycles. The first-order valence-corrected chi connectivity index (χ1v) is 6.44. The van der Waals surface area contributed by atoms with Crippen molar-refractivity contribution in [2.75, 3.05) is 18.8 Å². The van der Waals surface area contributed by atoms with Gasteiger partial charge in [0.1, 0.15) is 5.15 Å². The number of halogens is 1. The Bertz CT molecular complexity index is 339. The lowest BCUT2D eigenvalue weighted by Gasteiger charge is -2.06. The maximum atomic E-state index is 5.93. The van der Waals surface area contributed by atoms with E-state index in [1.165, 1.54) is 6.42 Å². The molecule has 2 heterocycles. The molecule has 0 amide bonds. The molecule has 0 aliphatic carbocycles. The first kappa shape index (κ1) is 11.2. The maximum Gasteiger partial charge on any atom is 0.188 e. The summed E-state index contributed by atoms with van der Waals surface area (Å²) in [6, 6.07) is 0. The van der Waals surface area contributed by atoms with Crippen LogP contribution < -0.4 is 5.32 Å². The molecule has 0 bridgehead atoms. The van der Waals surface area contributed by atoms with E-state index in [0.29, 0.717) is 5.15 Å². The summed E-state index contributed by atoms with van der Waals surface area (Å²) in [6.45, 7) is 4.17. The molecule has 1 N–H and O–H groups in total. The monoisotopic (exact) mass is 243 g/mol. The van der Waals surface area contributed by atoms with Gasteiger partial charge in [-0.15, -0.1) is 0 Å². The highest BCUT2D eigenvalue weighted by Crippen LogP contribution is 2.22. The third-order valence-electron chi connectivity index (χ3n) is 2.50. The Morgan fingerprint density at radius 1 is 1.67 bits per heavy atom. The van der Waals surface area contributed by atoms with Crippen molar-refractivity contribution in [1.82, 2.24) is 15.3 Å². The number of nitrogens with zero attached hydrogens (tertiary/aromatic N) is 2. The Labute approximate surface area is 99.0 Å². The molecule has 5 heteroatoms. The van der Waals surface area contributed by atoms with Crippen LogP contribution in [-0.2, 0) is 0 Å². The largest absolute Gasteiger partial charge is 0.316 e.